The minimum Gasteiger partial charge on any atom is -0.505 e. The Balaban J connectivity index is 1.45. The molecule has 0 radical (unpaired) electrons. The molecule has 0 bridgehead atoms. The van der Waals surface area contributed by atoms with E-state index in [0.717, 1.165) is 23.2 Å². The highest BCUT2D eigenvalue weighted by molar-refractivity contribution is 5.37. The lowest BCUT2D eigenvalue weighted by molar-refractivity contribution is 0.0983. The van der Waals surface area contributed by atoms with E-state index in [-0.39, 0.29) is 12.2 Å². The standard InChI is InChI=1S/C16H16F3N3O/c17-13-3-11-1-2-21(9-12(11)4-14(13)23)7-10-6-20-22(8-10)15-5-16(15,18)19/h3-4,6,8,15,23H,1-2,5,7,9H2. The lowest BCUT2D eigenvalue weighted by Gasteiger charge is -2.28. The molecule has 2 aromatic rings. The molecule has 1 unspecified atom stereocenters. The minimum absolute atomic E-state index is 0.143. The van der Waals surface area contributed by atoms with Crippen LogP contribution in [0.25, 0.3) is 0 Å². The number of phenolic OH excluding ortho intramolecular Hbond substituents is 1. The van der Waals surface area contributed by atoms with Gasteiger partial charge in [0.05, 0.1) is 6.20 Å². The van der Waals surface area contributed by atoms with Crippen LogP contribution in [0.15, 0.2) is 24.5 Å². The first-order valence-corrected chi connectivity index (χ1v) is 7.56. The Hall–Kier alpha value is -2.02. The highest BCUT2D eigenvalue weighted by atomic mass is 19.3. The fraction of sp³-hybridized carbons (Fsp3) is 0.438. The fourth-order valence-corrected chi connectivity index (χ4v) is 3.13. The number of hydrogen-bond acceptors (Lipinski definition) is 3. The summed E-state index contributed by atoms with van der Waals surface area (Å²) in [6.45, 7) is 1.94. The normalized spacial score (nSPS) is 22.8. The zero-order chi connectivity index (χ0) is 16.2. The topological polar surface area (TPSA) is 41.3 Å². The number of halogens is 3. The van der Waals surface area contributed by atoms with Gasteiger partial charge < -0.3 is 5.11 Å². The molecule has 23 heavy (non-hydrogen) atoms. The van der Waals surface area contributed by atoms with Crippen molar-refractivity contribution in [2.24, 2.45) is 0 Å². The second-order valence-electron chi connectivity index (χ2n) is 6.34. The molecule has 0 spiro atoms. The zero-order valence-electron chi connectivity index (χ0n) is 12.3. The van der Waals surface area contributed by atoms with E-state index in [4.69, 9.17) is 0 Å². The second-order valence-corrected chi connectivity index (χ2v) is 6.34. The first-order chi connectivity index (χ1) is 10.9. The number of alkyl halides is 2. The second kappa shape index (κ2) is 4.99. The maximum Gasteiger partial charge on any atom is 0.272 e. The van der Waals surface area contributed by atoms with Gasteiger partial charge in [0.15, 0.2) is 11.6 Å². The van der Waals surface area contributed by atoms with Crippen LogP contribution in [0.2, 0.25) is 0 Å². The number of aromatic hydroxyl groups is 1. The van der Waals surface area contributed by atoms with Crippen LogP contribution in [0, 0.1) is 5.82 Å². The van der Waals surface area contributed by atoms with Gasteiger partial charge in [-0.3, -0.25) is 9.58 Å². The van der Waals surface area contributed by atoms with E-state index in [1.165, 1.54) is 16.8 Å². The Morgan fingerprint density at radius 2 is 2.09 bits per heavy atom. The summed E-state index contributed by atoms with van der Waals surface area (Å²) in [5.41, 5.74) is 2.68. The molecule has 0 amide bonds. The third kappa shape index (κ3) is 2.69. The number of phenols is 1. The van der Waals surface area contributed by atoms with E-state index in [2.05, 4.69) is 10.00 Å². The Morgan fingerprint density at radius 1 is 1.30 bits per heavy atom. The van der Waals surface area contributed by atoms with Gasteiger partial charge in [-0.25, -0.2) is 13.2 Å². The van der Waals surface area contributed by atoms with Crippen molar-refractivity contribution >= 4 is 0 Å². The molecular weight excluding hydrogens is 307 g/mol. The molecule has 1 N–H and O–H groups in total. The van der Waals surface area contributed by atoms with E-state index in [1.54, 1.807) is 12.4 Å². The van der Waals surface area contributed by atoms with Gasteiger partial charge in [0.2, 0.25) is 0 Å². The molecular formula is C16H16F3N3O. The maximum absolute atomic E-state index is 13.4. The Labute approximate surface area is 131 Å². The molecule has 1 saturated carbocycles. The summed E-state index contributed by atoms with van der Waals surface area (Å²) in [4.78, 5) is 2.13. The SMILES string of the molecule is Oc1cc2c(cc1F)CCN(Cc1cnn(C3CC3(F)F)c1)C2. The van der Waals surface area contributed by atoms with Crippen LogP contribution in [0.5, 0.6) is 5.75 Å². The summed E-state index contributed by atoms with van der Waals surface area (Å²) in [5, 5.41) is 13.5. The van der Waals surface area contributed by atoms with Gasteiger partial charge in [-0.1, -0.05) is 0 Å². The van der Waals surface area contributed by atoms with Crippen LogP contribution in [-0.4, -0.2) is 32.3 Å². The van der Waals surface area contributed by atoms with Crippen molar-refractivity contribution < 1.29 is 18.3 Å². The van der Waals surface area contributed by atoms with Crippen LogP contribution in [-0.2, 0) is 19.5 Å². The maximum atomic E-state index is 13.4. The van der Waals surface area contributed by atoms with E-state index < -0.39 is 17.8 Å². The summed E-state index contributed by atoms with van der Waals surface area (Å²) >= 11 is 0. The van der Waals surface area contributed by atoms with E-state index in [1.807, 2.05) is 0 Å². The summed E-state index contributed by atoms with van der Waals surface area (Å²) in [6.07, 6.45) is 3.84. The number of nitrogens with zero attached hydrogens (tertiary/aromatic N) is 3. The lowest BCUT2D eigenvalue weighted by Crippen LogP contribution is -2.30. The monoisotopic (exact) mass is 323 g/mol. The van der Waals surface area contributed by atoms with Gasteiger partial charge in [-0.2, -0.15) is 5.10 Å². The van der Waals surface area contributed by atoms with E-state index >= 15 is 0 Å². The highest BCUT2D eigenvalue weighted by Crippen LogP contribution is 2.52. The van der Waals surface area contributed by atoms with Crippen LogP contribution in [0.4, 0.5) is 13.2 Å². The first-order valence-electron chi connectivity index (χ1n) is 7.56. The average Bonchev–Trinajstić information content (AvgIpc) is 2.92. The zero-order valence-corrected chi connectivity index (χ0v) is 12.3. The Morgan fingerprint density at radius 3 is 2.83 bits per heavy atom. The quantitative estimate of drug-likeness (QED) is 0.944. The highest BCUT2D eigenvalue weighted by Gasteiger charge is 2.59. The van der Waals surface area contributed by atoms with Crippen molar-refractivity contribution in [1.29, 1.82) is 0 Å². The molecule has 122 valence electrons. The molecule has 7 heteroatoms. The number of benzene rings is 1. The summed E-state index contributed by atoms with van der Waals surface area (Å²) in [6, 6.07) is 2.04. The van der Waals surface area contributed by atoms with E-state index in [0.29, 0.717) is 19.5 Å². The van der Waals surface area contributed by atoms with Crippen molar-refractivity contribution in [1.82, 2.24) is 14.7 Å². The van der Waals surface area contributed by atoms with Crippen LogP contribution < -0.4 is 0 Å². The Bertz CT molecular complexity index is 759. The predicted molar refractivity (Wildman–Crippen MR) is 76.7 cm³/mol. The van der Waals surface area contributed by atoms with Crippen molar-refractivity contribution in [3.05, 3.63) is 47.0 Å². The predicted octanol–water partition coefficient (Wildman–Crippen LogP) is 2.87. The van der Waals surface area contributed by atoms with Crippen molar-refractivity contribution in [2.75, 3.05) is 6.54 Å². The van der Waals surface area contributed by atoms with Crippen molar-refractivity contribution in [2.45, 2.75) is 37.9 Å². The third-order valence-corrected chi connectivity index (χ3v) is 4.53. The average molecular weight is 323 g/mol. The molecule has 2 heterocycles. The molecule has 1 atom stereocenters. The fourth-order valence-electron chi connectivity index (χ4n) is 3.13. The molecule has 0 saturated heterocycles. The van der Waals surface area contributed by atoms with Crippen LogP contribution >= 0.6 is 0 Å². The van der Waals surface area contributed by atoms with Gasteiger partial charge in [0.1, 0.15) is 6.04 Å². The molecule has 1 fully saturated rings. The summed E-state index contributed by atoms with van der Waals surface area (Å²) in [5.74, 6) is -3.56. The van der Waals surface area contributed by atoms with Gasteiger partial charge in [-0.05, 0) is 29.7 Å². The largest absolute Gasteiger partial charge is 0.505 e. The van der Waals surface area contributed by atoms with Gasteiger partial charge in [0, 0.05) is 37.8 Å². The number of aromatic nitrogens is 2. The number of fused-ring (bicyclic) bond motifs is 1. The molecule has 2 aliphatic rings. The van der Waals surface area contributed by atoms with Gasteiger partial charge >= 0.3 is 0 Å². The first kappa shape index (κ1) is 14.6. The molecule has 4 nitrogen and oxygen atoms in total. The van der Waals surface area contributed by atoms with Gasteiger partial charge in [-0.15, -0.1) is 0 Å². The number of hydrogen-bond donors (Lipinski definition) is 1. The summed E-state index contributed by atoms with van der Waals surface area (Å²) < 4.78 is 40.8. The molecule has 1 aliphatic carbocycles. The smallest absolute Gasteiger partial charge is 0.272 e. The van der Waals surface area contributed by atoms with Crippen molar-refractivity contribution in [3.8, 4) is 5.75 Å². The van der Waals surface area contributed by atoms with Crippen LogP contribution in [0.1, 0.15) is 29.2 Å². The van der Waals surface area contributed by atoms with Gasteiger partial charge in [0.25, 0.3) is 5.92 Å². The third-order valence-electron chi connectivity index (χ3n) is 4.53. The number of rotatable bonds is 3. The lowest BCUT2D eigenvalue weighted by atomic mass is 9.99. The molecule has 4 rings (SSSR count). The van der Waals surface area contributed by atoms with E-state index in [9.17, 15) is 18.3 Å². The molecule has 1 aromatic carbocycles. The molecule has 1 aliphatic heterocycles. The molecule has 1 aromatic heterocycles. The minimum atomic E-state index is -2.63. The van der Waals surface area contributed by atoms with Crippen LogP contribution in [0.3, 0.4) is 0 Å². The summed E-state index contributed by atoms with van der Waals surface area (Å²) in [7, 11) is 0. The van der Waals surface area contributed by atoms with Crippen molar-refractivity contribution in [3.63, 3.8) is 0 Å². The Kier molecular flexibility index (Phi) is 3.16.